The Morgan fingerprint density at radius 3 is 2.00 bits per heavy atom. The lowest BCUT2D eigenvalue weighted by Crippen LogP contribution is -2.27. The Morgan fingerprint density at radius 2 is 1.64 bits per heavy atom. The van der Waals surface area contributed by atoms with Crippen molar-refractivity contribution in [2.24, 2.45) is 11.3 Å². The van der Waals surface area contributed by atoms with Crippen LogP contribution in [0, 0.1) is 11.3 Å². The highest BCUT2D eigenvalue weighted by Crippen LogP contribution is 2.39. The molecule has 0 aliphatic heterocycles. The van der Waals surface area contributed by atoms with Crippen molar-refractivity contribution < 1.29 is 4.79 Å². The van der Waals surface area contributed by atoms with Gasteiger partial charge in [0.05, 0.1) is 0 Å². The van der Waals surface area contributed by atoms with Crippen molar-refractivity contribution >= 4 is 5.78 Å². The fourth-order valence-corrected chi connectivity index (χ4v) is 2.01. The maximum Gasteiger partial charge on any atom is 0.132 e. The molecule has 0 aromatic carbocycles. The molecule has 1 rings (SSSR count). The van der Waals surface area contributed by atoms with Gasteiger partial charge in [-0.3, -0.25) is 4.79 Å². The van der Waals surface area contributed by atoms with E-state index in [-0.39, 0.29) is 0 Å². The molecule has 0 spiro atoms. The van der Waals surface area contributed by atoms with Crippen LogP contribution in [0.15, 0.2) is 0 Å². The van der Waals surface area contributed by atoms with Gasteiger partial charge < -0.3 is 0 Å². The van der Waals surface area contributed by atoms with Crippen LogP contribution in [-0.2, 0) is 4.79 Å². The molecule has 0 atom stereocenters. The summed E-state index contributed by atoms with van der Waals surface area (Å²) in [7, 11) is 0. The van der Waals surface area contributed by atoms with E-state index in [9.17, 15) is 4.79 Å². The highest BCUT2D eigenvalue weighted by molar-refractivity contribution is 5.79. The van der Waals surface area contributed by atoms with Gasteiger partial charge in [0.15, 0.2) is 0 Å². The maximum atomic E-state index is 11.0. The Kier molecular flexibility index (Phi) is 6.06. The Balaban J connectivity index is 0.000000791. The van der Waals surface area contributed by atoms with Gasteiger partial charge in [-0.25, -0.2) is 0 Å². The van der Waals surface area contributed by atoms with Crippen molar-refractivity contribution in [3.05, 3.63) is 0 Å². The third-order valence-electron chi connectivity index (χ3n) is 3.56. The summed E-state index contributed by atoms with van der Waals surface area (Å²) in [6.45, 7) is 10.9. The molecule has 1 aliphatic carbocycles. The van der Waals surface area contributed by atoms with E-state index in [1.165, 1.54) is 6.42 Å². The molecule has 0 aromatic heterocycles. The topological polar surface area (TPSA) is 17.1 Å². The first-order valence-corrected chi connectivity index (χ1v) is 6.08. The van der Waals surface area contributed by atoms with Crippen molar-refractivity contribution in [1.82, 2.24) is 0 Å². The first-order chi connectivity index (χ1) is 6.56. The minimum absolute atomic E-state index is 0.445. The number of carbonyl (C=O) groups excluding carboxylic acids is 1. The number of rotatable bonds is 2. The maximum absolute atomic E-state index is 11.0. The molecule has 0 aromatic rings. The Labute approximate surface area is 89.3 Å². The summed E-state index contributed by atoms with van der Waals surface area (Å²) >= 11 is 0. The summed E-state index contributed by atoms with van der Waals surface area (Å²) in [6.07, 6.45) is 5.13. The largest absolute Gasteiger partial charge is 0.300 e. The van der Waals surface area contributed by atoms with Crippen molar-refractivity contribution in [3.63, 3.8) is 0 Å². The lowest BCUT2D eigenvalue weighted by Gasteiger charge is -2.35. The van der Waals surface area contributed by atoms with Gasteiger partial charge in [-0.15, -0.1) is 0 Å². The smallest absolute Gasteiger partial charge is 0.132 e. The predicted molar refractivity (Wildman–Crippen MR) is 62.4 cm³/mol. The second kappa shape index (κ2) is 6.21. The molecule has 84 valence electrons. The molecule has 0 N–H and O–H groups in total. The van der Waals surface area contributed by atoms with Gasteiger partial charge in [0, 0.05) is 12.8 Å². The van der Waals surface area contributed by atoms with Gasteiger partial charge in [-0.05, 0) is 24.2 Å². The number of Topliss-reactive ketones (excluding diaryl/α,β-unsaturated/α-hetero) is 1. The van der Waals surface area contributed by atoms with Gasteiger partial charge in [-0.2, -0.15) is 0 Å². The molecular weight excluding hydrogens is 172 g/mol. The van der Waals surface area contributed by atoms with E-state index >= 15 is 0 Å². The Bertz CT molecular complexity index is 160. The van der Waals surface area contributed by atoms with E-state index in [1.807, 2.05) is 13.8 Å². The van der Waals surface area contributed by atoms with Crippen molar-refractivity contribution in [3.8, 4) is 0 Å². The molecule has 0 radical (unpaired) electrons. The van der Waals surface area contributed by atoms with Crippen molar-refractivity contribution in [1.29, 1.82) is 0 Å². The quantitative estimate of drug-likeness (QED) is 0.649. The summed E-state index contributed by atoms with van der Waals surface area (Å²) in [4.78, 5) is 11.0. The van der Waals surface area contributed by atoms with Gasteiger partial charge in [-0.1, -0.05) is 41.0 Å². The van der Waals surface area contributed by atoms with Crippen LogP contribution >= 0.6 is 0 Å². The molecule has 1 fully saturated rings. The molecular formula is C13H26O. The SMILES string of the molecule is CC.CCC(C)(C)C1CCC(=O)CC1. The monoisotopic (exact) mass is 198 g/mol. The fourth-order valence-electron chi connectivity index (χ4n) is 2.01. The standard InChI is InChI=1S/C11H20O.C2H6/c1-4-11(2,3)9-5-7-10(12)8-6-9;1-2/h9H,4-8H2,1-3H3;1-2H3. The second-order valence-electron chi connectivity index (χ2n) is 4.66. The van der Waals surface area contributed by atoms with E-state index < -0.39 is 0 Å². The van der Waals surface area contributed by atoms with Crippen LogP contribution in [0.25, 0.3) is 0 Å². The molecule has 0 heterocycles. The molecule has 1 nitrogen and oxygen atoms in total. The van der Waals surface area contributed by atoms with Crippen LogP contribution in [-0.4, -0.2) is 5.78 Å². The zero-order valence-corrected chi connectivity index (χ0v) is 10.5. The molecule has 0 saturated heterocycles. The zero-order valence-electron chi connectivity index (χ0n) is 10.5. The lowest BCUT2D eigenvalue weighted by atomic mass is 9.69. The summed E-state index contributed by atoms with van der Waals surface area (Å²) < 4.78 is 0. The van der Waals surface area contributed by atoms with Gasteiger partial charge in [0.25, 0.3) is 0 Å². The number of hydrogen-bond acceptors (Lipinski definition) is 1. The normalized spacial score (nSPS) is 18.8. The summed E-state index contributed by atoms with van der Waals surface area (Å²) in [5, 5.41) is 0. The number of ketones is 1. The number of hydrogen-bond donors (Lipinski definition) is 0. The van der Waals surface area contributed by atoms with E-state index in [0.717, 1.165) is 31.6 Å². The lowest BCUT2D eigenvalue weighted by molar-refractivity contribution is -0.121. The van der Waals surface area contributed by atoms with Crippen molar-refractivity contribution in [2.75, 3.05) is 0 Å². The minimum atomic E-state index is 0.445. The first kappa shape index (κ1) is 13.7. The van der Waals surface area contributed by atoms with Gasteiger partial charge in [0.1, 0.15) is 5.78 Å². The van der Waals surface area contributed by atoms with Crippen LogP contribution in [0.5, 0.6) is 0 Å². The summed E-state index contributed by atoms with van der Waals surface area (Å²) in [6, 6.07) is 0. The Hall–Kier alpha value is -0.330. The highest BCUT2D eigenvalue weighted by Gasteiger charge is 2.30. The van der Waals surface area contributed by atoms with Crippen LogP contribution in [0.4, 0.5) is 0 Å². The molecule has 0 amide bonds. The average molecular weight is 198 g/mol. The van der Waals surface area contributed by atoms with Crippen LogP contribution in [0.3, 0.4) is 0 Å². The molecule has 14 heavy (non-hydrogen) atoms. The van der Waals surface area contributed by atoms with Crippen molar-refractivity contribution in [2.45, 2.75) is 66.7 Å². The Morgan fingerprint density at radius 1 is 1.21 bits per heavy atom. The summed E-state index contributed by atoms with van der Waals surface area (Å²) in [5.41, 5.74) is 0.445. The average Bonchev–Trinajstić information content (AvgIpc) is 2.21. The van der Waals surface area contributed by atoms with E-state index in [1.54, 1.807) is 0 Å². The first-order valence-electron chi connectivity index (χ1n) is 6.08. The third kappa shape index (κ3) is 3.81. The zero-order chi connectivity index (χ0) is 11.2. The minimum Gasteiger partial charge on any atom is -0.300 e. The second-order valence-corrected chi connectivity index (χ2v) is 4.66. The fraction of sp³-hybridized carbons (Fsp3) is 0.923. The molecule has 0 bridgehead atoms. The molecule has 1 aliphatic rings. The summed E-state index contributed by atoms with van der Waals surface area (Å²) in [5.74, 6) is 1.25. The van der Waals surface area contributed by atoms with Gasteiger partial charge >= 0.3 is 0 Å². The van der Waals surface area contributed by atoms with E-state index in [2.05, 4.69) is 20.8 Å². The molecule has 1 saturated carbocycles. The highest BCUT2D eigenvalue weighted by atomic mass is 16.1. The third-order valence-corrected chi connectivity index (χ3v) is 3.56. The van der Waals surface area contributed by atoms with E-state index in [4.69, 9.17) is 0 Å². The predicted octanol–water partition coefficient (Wildman–Crippen LogP) is 4.21. The molecule has 1 heteroatoms. The number of carbonyl (C=O) groups is 1. The van der Waals surface area contributed by atoms with Crippen LogP contribution in [0.2, 0.25) is 0 Å². The van der Waals surface area contributed by atoms with Crippen LogP contribution in [0.1, 0.15) is 66.7 Å². The molecule has 0 unspecified atom stereocenters. The van der Waals surface area contributed by atoms with Crippen LogP contribution < -0.4 is 0 Å². The van der Waals surface area contributed by atoms with Gasteiger partial charge in [0.2, 0.25) is 0 Å². The van der Waals surface area contributed by atoms with E-state index in [0.29, 0.717) is 11.2 Å².